The number of carboxylic acid groups (broad SMARTS) is 1. The van der Waals surface area contributed by atoms with Crippen molar-refractivity contribution in [3.63, 3.8) is 0 Å². The number of aliphatic hydroxyl groups is 1. The van der Waals surface area contributed by atoms with Crippen LogP contribution in [0.3, 0.4) is 0 Å². The second-order valence-corrected chi connectivity index (χ2v) is 1.92. The number of aliphatic carboxylic acids is 1. The molecule has 0 radical (unpaired) electrons. The summed E-state index contributed by atoms with van der Waals surface area (Å²) in [5, 5.41) is 17.0. The topological polar surface area (TPSA) is 83.5 Å². The molecule has 0 amide bonds. The zero-order valence-electron chi connectivity index (χ0n) is 5.65. The number of hydrogen-bond donors (Lipinski definition) is 3. The largest absolute Gasteiger partial charge is 0.481 e. The Hall–Kier alpha value is -0.320. The number of carbonyl (C=O) groups is 1. The van der Waals surface area contributed by atoms with Crippen LogP contribution in [0.4, 0.5) is 0 Å². The number of aliphatic hydroxyl groups excluding tert-OH is 1. The Kier molecular flexibility index (Phi) is 6.76. The van der Waals surface area contributed by atoms with Gasteiger partial charge in [0.05, 0.1) is 12.0 Å². The fourth-order valence-corrected chi connectivity index (χ4v) is 0.504. The lowest BCUT2D eigenvalue weighted by molar-refractivity contribution is -0.144. The molecule has 62 valence electrons. The van der Waals surface area contributed by atoms with E-state index >= 15 is 0 Å². The molecule has 0 bridgehead atoms. The Morgan fingerprint density at radius 2 is 2.10 bits per heavy atom. The van der Waals surface area contributed by atoms with E-state index in [9.17, 15) is 4.79 Å². The molecule has 0 aliphatic rings. The molecule has 0 saturated heterocycles. The van der Waals surface area contributed by atoms with Crippen molar-refractivity contribution in [2.45, 2.75) is 13.0 Å². The first-order valence-electron chi connectivity index (χ1n) is 2.70. The van der Waals surface area contributed by atoms with Crippen molar-refractivity contribution in [3.05, 3.63) is 0 Å². The van der Waals surface area contributed by atoms with Gasteiger partial charge in [0, 0.05) is 6.54 Å². The summed E-state index contributed by atoms with van der Waals surface area (Å²) >= 11 is 0. The highest BCUT2D eigenvalue weighted by molar-refractivity contribution is 5.85. The molecule has 0 heterocycles. The first kappa shape index (κ1) is 12.4. The van der Waals surface area contributed by atoms with Crippen LogP contribution >= 0.6 is 12.4 Å². The summed E-state index contributed by atoms with van der Waals surface area (Å²) in [7, 11) is 0. The van der Waals surface area contributed by atoms with E-state index in [4.69, 9.17) is 15.9 Å². The Balaban J connectivity index is 0. The maximum atomic E-state index is 10.1. The molecular weight excluding hydrogens is 158 g/mol. The van der Waals surface area contributed by atoms with Crippen molar-refractivity contribution in [1.82, 2.24) is 0 Å². The summed E-state index contributed by atoms with van der Waals surface area (Å²) in [6.07, 6.45) is -0.868. The first-order chi connectivity index (χ1) is 4.09. The zero-order valence-corrected chi connectivity index (χ0v) is 6.47. The Morgan fingerprint density at radius 1 is 1.70 bits per heavy atom. The maximum Gasteiger partial charge on any atom is 0.310 e. The quantitative estimate of drug-likeness (QED) is 0.529. The third-order valence-corrected chi connectivity index (χ3v) is 1.15. The van der Waals surface area contributed by atoms with E-state index in [-0.39, 0.29) is 19.0 Å². The third-order valence-electron chi connectivity index (χ3n) is 1.15. The summed E-state index contributed by atoms with van der Waals surface area (Å²) in [6, 6.07) is 0. The molecule has 4 nitrogen and oxygen atoms in total. The van der Waals surface area contributed by atoms with E-state index in [0.717, 1.165) is 0 Å². The summed E-state index contributed by atoms with van der Waals surface area (Å²) < 4.78 is 0. The first-order valence-corrected chi connectivity index (χ1v) is 2.70. The molecule has 0 spiro atoms. The molecule has 0 fully saturated rings. The Morgan fingerprint density at radius 3 is 2.10 bits per heavy atom. The van der Waals surface area contributed by atoms with Crippen LogP contribution in [-0.2, 0) is 4.79 Å². The van der Waals surface area contributed by atoms with Gasteiger partial charge >= 0.3 is 5.97 Å². The van der Waals surface area contributed by atoms with Gasteiger partial charge in [0.1, 0.15) is 0 Å². The van der Waals surface area contributed by atoms with Crippen LogP contribution in [0.1, 0.15) is 6.92 Å². The standard InChI is InChI=1S/C5H11NO3.ClH/c1-3(7)4(2-6)5(8)9;/h3-4,7H,2,6H2,1H3,(H,8,9);1H/t3-,4?;/m1./s1. The van der Waals surface area contributed by atoms with Crippen LogP contribution in [0, 0.1) is 5.92 Å². The number of carboxylic acids is 1. The van der Waals surface area contributed by atoms with E-state index in [1.54, 1.807) is 0 Å². The molecule has 0 aromatic rings. The number of hydrogen-bond acceptors (Lipinski definition) is 3. The van der Waals surface area contributed by atoms with Gasteiger partial charge in [-0.1, -0.05) is 0 Å². The van der Waals surface area contributed by atoms with Crippen molar-refractivity contribution in [2.24, 2.45) is 11.7 Å². The SMILES string of the molecule is C[C@@H](O)C(CN)C(=O)O.Cl. The van der Waals surface area contributed by atoms with E-state index in [2.05, 4.69) is 0 Å². The molecular formula is C5H12ClNO3. The number of halogens is 1. The van der Waals surface area contributed by atoms with E-state index in [1.807, 2.05) is 0 Å². The van der Waals surface area contributed by atoms with Gasteiger partial charge in [-0.05, 0) is 6.92 Å². The maximum absolute atomic E-state index is 10.1. The van der Waals surface area contributed by atoms with Crippen molar-refractivity contribution in [1.29, 1.82) is 0 Å². The molecule has 1 unspecified atom stereocenters. The van der Waals surface area contributed by atoms with Crippen LogP contribution in [-0.4, -0.2) is 28.8 Å². The molecule has 10 heavy (non-hydrogen) atoms. The Bertz CT molecular complexity index is 107. The Labute approximate surface area is 65.4 Å². The van der Waals surface area contributed by atoms with E-state index < -0.39 is 18.0 Å². The van der Waals surface area contributed by atoms with Gasteiger partial charge in [0.15, 0.2) is 0 Å². The average Bonchev–Trinajstić information content (AvgIpc) is 1.64. The van der Waals surface area contributed by atoms with Gasteiger partial charge in [0.2, 0.25) is 0 Å². The minimum atomic E-state index is -1.05. The number of nitrogens with two attached hydrogens (primary N) is 1. The predicted octanol–water partition coefficient (Wildman–Crippen LogP) is -0.551. The zero-order chi connectivity index (χ0) is 7.44. The van der Waals surface area contributed by atoms with Crippen LogP contribution in [0.25, 0.3) is 0 Å². The van der Waals surface area contributed by atoms with Crippen LogP contribution < -0.4 is 5.73 Å². The monoisotopic (exact) mass is 169 g/mol. The van der Waals surface area contributed by atoms with Gasteiger partial charge in [-0.3, -0.25) is 4.79 Å². The van der Waals surface area contributed by atoms with Crippen molar-refractivity contribution in [2.75, 3.05) is 6.54 Å². The van der Waals surface area contributed by atoms with Crippen molar-refractivity contribution in [3.8, 4) is 0 Å². The van der Waals surface area contributed by atoms with Crippen molar-refractivity contribution >= 4 is 18.4 Å². The molecule has 0 aliphatic carbocycles. The highest BCUT2D eigenvalue weighted by atomic mass is 35.5. The lowest BCUT2D eigenvalue weighted by atomic mass is 10.1. The van der Waals surface area contributed by atoms with Crippen LogP contribution in [0.2, 0.25) is 0 Å². The molecule has 4 N–H and O–H groups in total. The van der Waals surface area contributed by atoms with Gasteiger partial charge in [-0.2, -0.15) is 0 Å². The molecule has 5 heteroatoms. The fourth-order valence-electron chi connectivity index (χ4n) is 0.504. The number of rotatable bonds is 3. The van der Waals surface area contributed by atoms with Gasteiger partial charge in [-0.25, -0.2) is 0 Å². The lowest BCUT2D eigenvalue weighted by Gasteiger charge is -2.11. The van der Waals surface area contributed by atoms with E-state index in [0.29, 0.717) is 0 Å². The highest BCUT2D eigenvalue weighted by Gasteiger charge is 2.20. The van der Waals surface area contributed by atoms with Gasteiger partial charge < -0.3 is 15.9 Å². The molecule has 2 atom stereocenters. The molecule has 0 rings (SSSR count). The fraction of sp³-hybridized carbons (Fsp3) is 0.800. The van der Waals surface area contributed by atoms with Crippen LogP contribution in [0.5, 0.6) is 0 Å². The predicted molar refractivity (Wildman–Crippen MR) is 39.1 cm³/mol. The van der Waals surface area contributed by atoms with Crippen LogP contribution in [0.15, 0.2) is 0 Å². The lowest BCUT2D eigenvalue weighted by Crippen LogP contribution is -2.32. The summed E-state index contributed by atoms with van der Waals surface area (Å²) in [6.45, 7) is 1.39. The van der Waals surface area contributed by atoms with E-state index in [1.165, 1.54) is 6.92 Å². The minimum Gasteiger partial charge on any atom is -0.481 e. The molecule has 0 aromatic carbocycles. The normalized spacial score (nSPS) is 15.1. The minimum absolute atomic E-state index is 0. The highest BCUT2D eigenvalue weighted by Crippen LogP contribution is 1.99. The third kappa shape index (κ3) is 3.66. The molecule has 0 saturated carbocycles. The molecule has 0 aliphatic heterocycles. The summed E-state index contributed by atoms with van der Waals surface area (Å²) in [5.41, 5.74) is 5.03. The smallest absolute Gasteiger partial charge is 0.310 e. The summed E-state index contributed by atoms with van der Waals surface area (Å²) in [4.78, 5) is 10.1. The van der Waals surface area contributed by atoms with Gasteiger partial charge in [0.25, 0.3) is 0 Å². The van der Waals surface area contributed by atoms with Gasteiger partial charge in [-0.15, -0.1) is 12.4 Å². The van der Waals surface area contributed by atoms with Crippen molar-refractivity contribution < 1.29 is 15.0 Å². The average molecular weight is 170 g/mol. The second-order valence-electron chi connectivity index (χ2n) is 1.92. The summed E-state index contributed by atoms with van der Waals surface area (Å²) in [5.74, 6) is -1.88. The second kappa shape index (κ2) is 5.46. The molecule has 0 aromatic heterocycles.